The first kappa shape index (κ1) is 17.2. The lowest BCUT2D eigenvalue weighted by molar-refractivity contribution is -0.156. The van der Waals surface area contributed by atoms with Crippen LogP contribution in [0.4, 0.5) is 0 Å². The van der Waals surface area contributed by atoms with Crippen molar-refractivity contribution in [2.45, 2.75) is 51.2 Å². The molecule has 7 nitrogen and oxygen atoms in total. The largest absolute Gasteiger partial charge is 0.481 e. The van der Waals surface area contributed by atoms with Gasteiger partial charge in [0, 0.05) is 25.1 Å². The normalized spacial score (nSPS) is 42.8. The number of primary amides is 1. The summed E-state index contributed by atoms with van der Waals surface area (Å²) < 4.78 is 5.83. The summed E-state index contributed by atoms with van der Waals surface area (Å²) in [7, 11) is 0. The van der Waals surface area contributed by atoms with E-state index in [9.17, 15) is 14.7 Å². The number of hydrogen-bond acceptors (Lipinski definition) is 5. The quantitative estimate of drug-likeness (QED) is 0.567. The zero-order valence-electron chi connectivity index (χ0n) is 13.1. The van der Waals surface area contributed by atoms with Gasteiger partial charge in [0.25, 0.3) is 0 Å². The van der Waals surface area contributed by atoms with Crippen LogP contribution in [0.15, 0.2) is 0 Å². The molecule has 0 bridgehead atoms. The van der Waals surface area contributed by atoms with Crippen molar-refractivity contribution in [3.05, 3.63) is 0 Å². The zero-order valence-corrected chi connectivity index (χ0v) is 13.1. The molecule has 22 heavy (non-hydrogen) atoms. The van der Waals surface area contributed by atoms with Crippen LogP contribution in [0.2, 0.25) is 0 Å². The van der Waals surface area contributed by atoms with Crippen LogP contribution in [-0.2, 0) is 14.3 Å². The molecule has 2 aliphatic rings. The van der Waals surface area contributed by atoms with Crippen LogP contribution < -0.4 is 17.2 Å². The molecule has 1 aliphatic heterocycles. The van der Waals surface area contributed by atoms with Crippen molar-refractivity contribution in [3.8, 4) is 0 Å². The van der Waals surface area contributed by atoms with Gasteiger partial charge in [0.15, 0.2) is 0 Å². The van der Waals surface area contributed by atoms with Gasteiger partial charge in [0.1, 0.15) is 0 Å². The van der Waals surface area contributed by atoms with Gasteiger partial charge in [0.2, 0.25) is 5.91 Å². The summed E-state index contributed by atoms with van der Waals surface area (Å²) in [5, 5.41) is 9.46. The van der Waals surface area contributed by atoms with E-state index >= 15 is 0 Å². The molecule has 0 spiro atoms. The summed E-state index contributed by atoms with van der Waals surface area (Å²) in [4.78, 5) is 23.3. The summed E-state index contributed by atoms with van der Waals surface area (Å²) in [5.74, 6) is -1.31. The molecule has 0 aromatic rings. The van der Waals surface area contributed by atoms with Gasteiger partial charge in [-0.2, -0.15) is 0 Å². The predicted octanol–water partition coefficient (Wildman–Crippen LogP) is -0.186. The Morgan fingerprint density at radius 2 is 2.00 bits per heavy atom. The first-order valence-electron chi connectivity index (χ1n) is 7.85. The molecule has 0 aromatic carbocycles. The Hall–Kier alpha value is -1.18. The van der Waals surface area contributed by atoms with Crippen molar-refractivity contribution in [1.29, 1.82) is 0 Å². The van der Waals surface area contributed by atoms with Crippen molar-refractivity contribution in [1.82, 2.24) is 0 Å². The number of carbonyl (C=O) groups excluding carboxylic acids is 1. The van der Waals surface area contributed by atoms with Crippen molar-refractivity contribution >= 4 is 11.9 Å². The molecule has 1 saturated carbocycles. The number of carboxylic acid groups (broad SMARTS) is 1. The Morgan fingerprint density at radius 3 is 2.55 bits per heavy atom. The fraction of sp³-hybridized carbons (Fsp3) is 0.867. The van der Waals surface area contributed by atoms with Crippen molar-refractivity contribution < 1.29 is 19.4 Å². The number of hydrogen-bond donors (Lipinski definition) is 4. The van der Waals surface area contributed by atoms with Crippen LogP contribution in [0.3, 0.4) is 0 Å². The molecular weight excluding hydrogens is 286 g/mol. The summed E-state index contributed by atoms with van der Waals surface area (Å²) >= 11 is 0. The zero-order chi connectivity index (χ0) is 16.5. The van der Waals surface area contributed by atoms with E-state index < -0.39 is 22.7 Å². The van der Waals surface area contributed by atoms with Crippen molar-refractivity contribution in [3.63, 3.8) is 0 Å². The van der Waals surface area contributed by atoms with Crippen LogP contribution in [0.5, 0.6) is 0 Å². The number of rotatable bonds is 4. The summed E-state index contributed by atoms with van der Waals surface area (Å²) in [6.45, 7) is 2.33. The topological polar surface area (TPSA) is 142 Å². The highest BCUT2D eigenvalue weighted by Gasteiger charge is 2.49. The number of nitrogens with two attached hydrogens (primary N) is 3. The molecule has 1 aliphatic carbocycles. The highest BCUT2D eigenvalue weighted by molar-refractivity contribution is 5.81. The van der Waals surface area contributed by atoms with Crippen molar-refractivity contribution in [2.75, 3.05) is 13.2 Å². The summed E-state index contributed by atoms with van der Waals surface area (Å²) in [6.07, 6.45) is 2.32. The first-order chi connectivity index (χ1) is 10.2. The van der Waals surface area contributed by atoms with Crippen molar-refractivity contribution in [2.24, 2.45) is 33.9 Å². The predicted molar refractivity (Wildman–Crippen MR) is 80.7 cm³/mol. The van der Waals surface area contributed by atoms with E-state index in [4.69, 9.17) is 21.9 Å². The fourth-order valence-electron chi connectivity index (χ4n) is 3.81. The first-order valence-corrected chi connectivity index (χ1v) is 7.85. The van der Waals surface area contributed by atoms with E-state index in [0.29, 0.717) is 38.7 Å². The van der Waals surface area contributed by atoms with E-state index in [2.05, 4.69) is 0 Å². The van der Waals surface area contributed by atoms with E-state index in [1.807, 2.05) is 0 Å². The highest BCUT2D eigenvalue weighted by atomic mass is 16.5. The molecular formula is C15H27N3O4. The van der Waals surface area contributed by atoms with Gasteiger partial charge < -0.3 is 27.0 Å². The molecule has 1 amide bonds. The molecule has 1 heterocycles. The van der Waals surface area contributed by atoms with Gasteiger partial charge in [-0.15, -0.1) is 0 Å². The van der Waals surface area contributed by atoms with Gasteiger partial charge in [0.05, 0.1) is 16.9 Å². The molecule has 5 atom stereocenters. The lowest BCUT2D eigenvalue weighted by Gasteiger charge is -2.46. The number of carbonyl (C=O) groups is 2. The Kier molecular flexibility index (Phi) is 4.79. The van der Waals surface area contributed by atoms with Gasteiger partial charge in [-0.1, -0.05) is 0 Å². The van der Waals surface area contributed by atoms with Gasteiger partial charge in [-0.25, -0.2) is 0 Å². The second kappa shape index (κ2) is 6.14. The molecule has 0 radical (unpaired) electrons. The maximum Gasteiger partial charge on any atom is 0.309 e. The fourth-order valence-corrected chi connectivity index (χ4v) is 3.81. The average Bonchev–Trinajstić information content (AvgIpc) is 2.49. The van der Waals surface area contributed by atoms with Crippen LogP contribution in [-0.4, -0.2) is 42.3 Å². The number of amides is 1. The standard InChI is InChI=1S/C15H27N3O4/c1-14(13(20)21)3-2-10(17)9(6-14)11-7-15(8-16,12(18)19)4-5-22-11/h9-11H,2-8,16-17H2,1H3,(H2,18,19)(H,20,21). The SMILES string of the molecule is CC1(C(=O)O)CCC(N)C(C2CC(CN)(C(N)=O)CCO2)C1. The Balaban J connectivity index is 2.18. The third-order valence-electron chi connectivity index (χ3n) is 5.68. The Labute approximate surface area is 130 Å². The van der Waals surface area contributed by atoms with Crippen LogP contribution in [0.25, 0.3) is 0 Å². The second-order valence-corrected chi connectivity index (χ2v) is 7.15. The maximum atomic E-state index is 11.8. The van der Waals surface area contributed by atoms with E-state index in [0.717, 1.165) is 0 Å². The van der Waals surface area contributed by atoms with Gasteiger partial charge in [-0.05, 0) is 39.0 Å². The lowest BCUT2D eigenvalue weighted by Crippen LogP contribution is -2.55. The Morgan fingerprint density at radius 1 is 1.32 bits per heavy atom. The second-order valence-electron chi connectivity index (χ2n) is 7.15. The third kappa shape index (κ3) is 2.98. The smallest absolute Gasteiger partial charge is 0.309 e. The number of aliphatic carboxylic acids is 1. The minimum atomic E-state index is -0.805. The van der Waals surface area contributed by atoms with E-state index in [1.54, 1.807) is 6.92 Å². The van der Waals surface area contributed by atoms with Crippen LogP contribution in [0, 0.1) is 16.7 Å². The molecule has 2 rings (SSSR count). The molecule has 126 valence electrons. The molecule has 7 N–H and O–H groups in total. The van der Waals surface area contributed by atoms with Crippen LogP contribution in [0.1, 0.15) is 39.0 Å². The lowest BCUT2D eigenvalue weighted by atomic mass is 9.64. The number of carboxylic acids is 1. The number of ether oxygens (including phenoxy) is 1. The summed E-state index contributed by atoms with van der Waals surface area (Å²) in [6, 6.07) is -0.126. The van der Waals surface area contributed by atoms with Crippen LogP contribution >= 0.6 is 0 Å². The minimum Gasteiger partial charge on any atom is -0.481 e. The molecule has 5 unspecified atom stereocenters. The van der Waals surface area contributed by atoms with E-state index in [1.165, 1.54) is 0 Å². The third-order valence-corrected chi connectivity index (χ3v) is 5.68. The minimum absolute atomic E-state index is 0.0968. The van der Waals surface area contributed by atoms with Gasteiger partial charge >= 0.3 is 5.97 Å². The highest BCUT2D eigenvalue weighted by Crippen LogP contribution is 2.44. The molecule has 1 saturated heterocycles. The van der Waals surface area contributed by atoms with E-state index in [-0.39, 0.29) is 24.6 Å². The molecule has 0 aromatic heterocycles. The maximum absolute atomic E-state index is 11.8. The van der Waals surface area contributed by atoms with Gasteiger partial charge in [-0.3, -0.25) is 9.59 Å². The average molecular weight is 313 g/mol. The summed E-state index contributed by atoms with van der Waals surface area (Å²) in [5.41, 5.74) is 16.0. The molecule has 7 heteroatoms. The monoisotopic (exact) mass is 313 g/mol. The Bertz CT molecular complexity index is 458. The molecule has 2 fully saturated rings.